The van der Waals surface area contributed by atoms with E-state index in [1.165, 1.54) is 0 Å². The van der Waals surface area contributed by atoms with E-state index in [1.807, 2.05) is 30.0 Å². The minimum Gasteiger partial charge on any atom is -0.299 e. The van der Waals surface area contributed by atoms with E-state index in [-0.39, 0.29) is 5.78 Å². The molecule has 0 unspecified atom stereocenters. The van der Waals surface area contributed by atoms with Gasteiger partial charge in [0.25, 0.3) is 0 Å². The van der Waals surface area contributed by atoms with Crippen molar-refractivity contribution in [3.8, 4) is 5.69 Å². The lowest BCUT2D eigenvalue weighted by Crippen LogP contribution is -2.05. The lowest BCUT2D eigenvalue weighted by Gasteiger charge is -2.04. The molecule has 0 spiro atoms. The summed E-state index contributed by atoms with van der Waals surface area (Å²) in [6, 6.07) is 3.83. The molecule has 0 atom stereocenters. The first-order valence-electron chi connectivity index (χ1n) is 6.17. The molecule has 0 fully saturated rings. The summed E-state index contributed by atoms with van der Waals surface area (Å²) in [6.45, 7) is 1.98. The van der Waals surface area contributed by atoms with Crippen molar-refractivity contribution in [2.75, 3.05) is 12.0 Å². The average molecular weight is 275 g/mol. The molecule has 2 aromatic heterocycles. The third kappa shape index (κ3) is 3.44. The van der Waals surface area contributed by atoms with E-state index in [1.54, 1.807) is 30.4 Å². The number of Topliss-reactive ketones (excluding diaryl/α,β-unsaturated/α-hetero) is 1. The minimum atomic E-state index is 0.267. The van der Waals surface area contributed by atoms with E-state index in [0.29, 0.717) is 12.8 Å². The van der Waals surface area contributed by atoms with Crippen LogP contribution < -0.4 is 0 Å². The molecule has 0 aromatic carbocycles. The Bertz CT molecular complexity index is 551. The summed E-state index contributed by atoms with van der Waals surface area (Å²) in [5.74, 6) is 1.15. The molecule has 4 nitrogen and oxygen atoms in total. The lowest BCUT2D eigenvalue weighted by molar-refractivity contribution is -0.118. The second kappa shape index (κ2) is 6.52. The molecule has 0 saturated heterocycles. The van der Waals surface area contributed by atoms with E-state index >= 15 is 0 Å². The Balaban J connectivity index is 2.13. The monoisotopic (exact) mass is 275 g/mol. The van der Waals surface area contributed by atoms with Gasteiger partial charge < -0.3 is 0 Å². The van der Waals surface area contributed by atoms with Crippen LogP contribution in [-0.4, -0.2) is 32.6 Å². The Kier molecular flexibility index (Phi) is 4.74. The zero-order chi connectivity index (χ0) is 13.7. The maximum absolute atomic E-state index is 11.8. The molecule has 0 saturated carbocycles. The van der Waals surface area contributed by atoms with Gasteiger partial charge in [0.15, 0.2) is 0 Å². The van der Waals surface area contributed by atoms with Crippen molar-refractivity contribution in [3.05, 3.63) is 42.0 Å². The molecule has 100 valence electrons. The maximum Gasteiger partial charge on any atom is 0.138 e. The molecule has 0 aliphatic rings. The third-order valence-corrected chi connectivity index (χ3v) is 3.59. The van der Waals surface area contributed by atoms with Gasteiger partial charge >= 0.3 is 0 Å². The number of aromatic nitrogens is 3. The van der Waals surface area contributed by atoms with Crippen LogP contribution in [0.3, 0.4) is 0 Å². The van der Waals surface area contributed by atoms with Gasteiger partial charge in [0.05, 0.1) is 18.1 Å². The lowest BCUT2D eigenvalue weighted by atomic mass is 10.1. The van der Waals surface area contributed by atoms with Crippen LogP contribution in [0.15, 0.2) is 30.7 Å². The number of carbonyl (C=O) groups excluding carboxylic acids is 1. The van der Waals surface area contributed by atoms with Crippen molar-refractivity contribution in [3.63, 3.8) is 0 Å². The van der Waals surface area contributed by atoms with Gasteiger partial charge in [0, 0.05) is 30.3 Å². The Morgan fingerprint density at radius 3 is 2.95 bits per heavy atom. The fraction of sp³-hybridized carbons (Fsp3) is 0.357. The highest BCUT2D eigenvalue weighted by Gasteiger charge is 2.11. The second-order valence-corrected chi connectivity index (χ2v) is 5.32. The summed E-state index contributed by atoms with van der Waals surface area (Å²) in [6.07, 6.45) is 8.37. The molecule has 19 heavy (non-hydrogen) atoms. The van der Waals surface area contributed by atoms with Crippen molar-refractivity contribution in [1.29, 1.82) is 0 Å². The van der Waals surface area contributed by atoms with E-state index < -0.39 is 0 Å². The molecule has 0 aliphatic heterocycles. The maximum atomic E-state index is 11.8. The van der Waals surface area contributed by atoms with E-state index in [9.17, 15) is 4.79 Å². The fourth-order valence-electron chi connectivity index (χ4n) is 1.87. The molecule has 0 bridgehead atoms. The Labute approximate surface area is 117 Å². The highest BCUT2D eigenvalue weighted by atomic mass is 32.2. The Morgan fingerprint density at radius 2 is 2.26 bits per heavy atom. The summed E-state index contributed by atoms with van der Waals surface area (Å²) in [7, 11) is 0. The van der Waals surface area contributed by atoms with Crippen molar-refractivity contribution in [2.45, 2.75) is 19.8 Å². The second-order valence-electron chi connectivity index (χ2n) is 4.34. The first kappa shape index (κ1) is 13.8. The predicted octanol–water partition coefficient (Wildman–Crippen LogP) is 2.44. The smallest absolute Gasteiger partial charge is 0.138 e. The summed E-state index contributed by atoms with van der Waals surface area (Å²) in [5.41, 5.74) is 2.92. The van der Waals surface area contributed by atoms with Gasteiger partial charge in [-0.2, -0.15) is 16.9 Å². The zero-order valence-electron chi connectivity index (χ0n) is 11.2. The van der Waals surface area contributed by atoms with Gasteiger partial charge in [-0.3, -0.25) is 9.78 Å². The average Bonchev–Trinajstić information content (AvgIpc) is 2.79. The summed E-state index contributed by atoms with van der Waals surface area (Å²) in [4.78, 5) is 15.9. The van der Waals surface area contributed by atoms with Gasteiger partial charge in [-0.05, 0) is 31.1 Å². The summed E-state index contributed by atoms with van der Waals surface area (Å²) < 4.78 is 1.82. The first-order valence-corrected chi connectivity index (χ1v) is 7.56. The van der Waals surface area contributed by atoms with E-state index in [0.717, 1.165) is 22.7 Å². The standard InChI is InChI=1S/C14H17N3OS/c1-11-12(8-14(18)5-7-19-2)9-16-17(11)13-4-3-6-15-10-13/h3-4,6,9-10H,5,7-8H2,1-2H3. The summed E-state index contributed by atoms with van der Waals surface area (Å²) >= 11 is 1.70. The quantitative estimate of drug-likeness (QED) is 0.812. The molecule has 0 radical (unpaired) electrons. The number of hydrogen-bond acceptors (Lipinski definition) is 4. The van der Waals surface area contributed by atoms with Crippen molar-refractivity contribution in [1.82, 2.24) is 14.8 Å². The van der Waals surface area contributed by atoms with Gasteiger partial charge in [-0.15, -0.1) is 0 Å². The van der Waals surface area contributed by atoms with Crippen LogP contribution in [0.25, 0.3) is 5.69 Å². The van der Waals surface area contributed by atoms with Crippen LogP contribution in [0, 0.1) is 6.92 Å². The predicted molar refractivity (Wildman–Crippen MR) is 77.8 cm³/mol. The molecular formula is C14H17N3OS. The molecule has 2 aromatic rings. The van der Waals surface area contributed by atoms with Crippen molar-refractivity contribution in [2.24, 2.45) is 0 Å². The molecule has 2 heterocycles. The van der Waals surface area contributed by atoms with Crippen LogP contribution in [0.1, 0.15) is 17.7 Å². The normalized spacial score (nSPS) is 10.6. The number of hydrogen-bond donors (Lipinski definition) is 0. The van der Waals surface area contributed by atoms with E-state index in [2.05, 4.69) is 10.1 Å². The Hall–Kier alpha value is -1.62. The molecule has 5 heteroatoms. The molecule has 0 aliphatic carbocycles. The van der Waals surface area contributed by atoms with Gasteiger partial charge in [0.1, 0.15) is 5.78 Å². The molecule has 0 N–H and O–H groups in total. The highest BCUT2D eigenvalue weighted by Crippen LogP contribution is 2.14. The van der Waals surface area contributed by atoms with Crippen LogP contribution >= 0.6 is 11.8 Å². The number of thioether (sulfide) groups is 1. The number of ketones is 1. The topological polar surface area (TPSA) is 47.8 Å². The van der Waals surface area contributed by atoms with Crippen LogP contribution in [0.2, 0.25) is 0 Å². The minimum absolute atomic E-state index is 0.267. The van der Waals surface area contributed by atoms with Crippen LogP contribution in [0.5, 0.6) is 0 Å². The molecular weight excluding hydrogens is 258 g/mol. The molecule has 2 rings (SSSR count). The van der Waals surface area contributed by atoms with E-state index in [4.69, 9.17) is 0 Å². The molecule has 0 amide bonds. The fourth-order valence-corrected chi connectivity index (χ4v) is 2.30. The summed E-state index contributed by atoms with van der Waals surface area (Å²) in [5, 5.41) is 4.34. The Morgan fingerprint density at radius 1 is 1.42 bits per heavy atom. The van der Waals surface area contributed by atoms with Crippen molar-refractivity contribution < 1.29 is 4.79 Å². The van der Waals surface area contributed by atoms with Crippen molar-refractivity contribution >= 4 is 17.5 Å². The number of pyridine rings is 1. The number of rotatable bonds is 6. The van der Waals surface area contributed by atoms with Gasteiger partial charge in [-0.1, -0.05) is 0 Å². The third-order valence-electron chi connectivity index (χ3n) is 2.97. The van der Waals surface area contributed by atoms with Gasteiger partial charge in [-0.25, -0.2) is 4.68 Å². The largest absolute Gasteiger partial charge is 0.299 e. The highest BCUT2D eigenvalue weighted by molar-refractivity contribution is 7.98. The van der Waals surface area contributed by atoms with Gasteiger partial charge in [0.2, 0.25) is 0 Å². The number of nitrogens with zero attached hydrogens (tertiary/aromatic N) is 3. The van der Waals surface area contributed by atoms with Crippen LogP contribution in [-0.2, 0) is 11.2 Å². The zero-order valence-corrected chi connectivity index (χ0v) is 12.0. The van der Waals surface area contributed by atoms with Crippen LogP contribution in [0.4, 0.5) is 0 Å². The SMILES string of the molecule is CSCCC(=O)Cc1cnn(-c2cccnc2)c1C. The first-order chi connectivity index (χ1) is 9.22. The number of carbonyl (C=O) groups is 1.